The van der Waals surface area contributed by atoms with Crippen molar-refractivity contribution in [1.29, 1.82) is 0 Å². The number of sulfone groups is 1. The highest BCUT2D eigenvalue weighted by Crippen LogP contribution is 2.23. The van der Waals surface area contributed by atoms with E-state index in [9.17, 15) is 13.2 Å². The summed E-state index contributed by atoms with van der Waals surface area (Å²) in [6.45, 7) is 6.42. The molecule has 26 heavy (non-hydrogen) atoms. The molecule has 1 aromatic heterocycles. The van der Waals surface area contributed by atoms with Crippen LogP contribution in [0.4, 0.5) is 10.5 Å². The van der Waals surface area contributed by atoms with Crippen molar-refractivity contribution in [1.82, 2.24) is 10.3 Å². The van der Waals surface area contributed by atoms with E-state index in [0.717, 1.165) is 5.56 Å². The first kappa shape index (κ1) is 19.9. The third-order valence-corrected chi connectivity index (χ3v) is 5.53. The molecule has 0 atom stereocenters. The third kappa shape index (κ3) is 6.48. The summed E-state index contributed by atoms with van der Waals surface area (Å²) in [7, 11) is -3.32. The molecule has 1 aromatic carbocycles. The highest BCUT2D eigenvalue weighted by molar-refractivity contribution is 7.91. The van der Waals surface area contributed by atoms with Crippen LogP contribution >= 0.6 is 0 Å². The number of carbonyl (C=O) groups excluding carboxylic acids is 1. The maximum atomic E-state index is 12.4. The molecule has 0 bridgehead atoms. The summed E-state index contributed by atoms with van der Waals surface area (Å²) in [5, 5.41) is 5.42. The second-order valence-corrected chi connectivity index (χ2v) is 9.43. The monoisotopic (exact) mass is 375 g/mol. The number of nitrogens with one attached hydrogen (secondary N) is 2. The van der Waals surface area contributed by atoms with Gasteiger partial charge in [-0.25, -0.2) is 13.2 Å². The summed E-state index contributed by atoms with van der Waals surface area (Å²) < 4.78 is 24.7. The zero-order valence-corrected chi connectivity index (χ0v) is 16.1. The van der Waals surface area contributed by atoms with Crippen LogP contribution in [0.25, 0.3) is 0 Å². The summed E-state index contributed by atoms with van der Waals surface area (Å²) in [4.78, 5) is 16.1. The van der Waals surface area contributed by atoms with Crippen molar-refractivity contribution in [2.24, 2.45) is 5.41 Å². The molecule has 7 heteroatoms. The third-order valence-electron chi connectivity index (χ3n) is 3.79. The average Bonchev–Trinajstić information content (AvgIpc) is 2.59. The molecule has 0 saturated heterocycles. The Morgan fingerprint density at radius 2 is 1.65 bits per heavy atom. The Balaban J connectivity index is 1.91. The first-order valence-corrected chi connectivity index (χ1v) is 10.1. The second-order valence-electron chi connectivity index (χ2n) is 7.32. The predicted molar refractivity (Wildman–Crippen MR) is 103 cm³/mol. The quantitative estimate of drug-likeness (QED) is 0.807. The largest absolute Gasteiger partial charge is 0.334 e. The molecule has 0 saturated carbocycles. The van der Waals surface area contributed by atoms with E-state index in [4.69, 9.17) is 0 Å². The standard InChI is InChI=1S/C19H25N3O3S/c1-19(2,3)10-13-26(24,25)17-6-4-16(5-7-17)22-18(23)21-14-15-8-11-20-12-9-15/h4-9,11-12H,10,13-14H2,1-3H3,(H2,21,22,23). The van der Waals surface area contributed by atoms with E-state index in [1.165, 1.54) is 12.1 Å². The normalized spacial score (nSPS) is 11.8. The van der Waals surface area contributed by atoms with E-state index in [0.29, 0.717) is 18.7 Å². The van der Waals surface area contributed by atoms with Gasteiger partial charge in [0.25, 0.3) is 0 Å². The van der Waals surface area contributed by atoms with E-state index in [1.807, 2.05) is 32.9 Å². The van der Waals surface area contributed by atoms with Crippen molar-refractivity contribution in [3.8, 4) is 0 Å². The lowest BCUT2D eigenvalue weighted by Gasteiger charge is -2.17. The van der Waals surface area contributed by atoms with Gasteiger partial charge in [0.05, 0.1) is 10.6 Å². The van der Waals surface area contributed by atoms with Crippen LogP contribution < -0.4 is 10.6 Å². The molecule has 6 nitrogen and oxygen atoms in total. The van der Waals surface area contributed by atoms with Crippen molar-refractivity contribution in [3.05, 3.63) is 54.4 Å². The number of carbonyl (C=O) groups is 1. The number of anilines is 1. The molecule has 0 aliphatic carbocycles. The number of hydrogen-bond acceptors (Lipinski definition) is 4. The fourth-order valence-electron chi connectivity index (χ4n) is 2.16. The maximum Gasteiger partial charge on any atom is 0.319 e. The molecule has 0 aliphatic heterocycles. The molecule has 0 spiro atoms. The fourth-order valence-corrected chi connectivity index (χ4v) is 3.83. The van der Waals surface area contributed by atoms with Gasteiger partial charge < -0.3 is 10.6 Å². The van der Waals surface area contributed by atoms with Gasteiger partial charge in [-0.1, -0.05) is 20.8 Å². The van der Waals surface area contributed by atoms with Crippen molar-refractivity contribution in [2.75, 3.05) is 11.1 Å². The van der Waals surface area contributed by atoms with Crippen LogP contribution in [0.15, 0.2) is 53.7 Å². The summed E-state index contributed by atoms with van der Waals surface area (Å²) >= 11 is 0. The zero-order chi connectivity index (χ0) is 19.2. The SMILES string of the molecule is CC(C)(C)CCS(=O)(=O)c1ccc(NC(=O)NCc2ccncc2)cc1. The highest BCUT2D eigenvalue weighted by Gasteiger charge is 2.19. The van der Waals surface area contributed by atoms with E-state index in [-0.39, 0.29) is 22.1 Å². The van der Waals surface area contributed by atoms with Gasteiger partial charge >= 0.3 is 6.03 Å². The van der Waals surface area contributed by atoms with Crippen molar-refractivity contribution in [3.63, 3.8) is 0 Å². The van der Waals surface area contributed by atoms with Crippen LogP contribution in [0.2, 0.25) is 0 Å². The Bertz CT molecular complexity index is 827. The number of rotatable bonds is 6. The number of hydrogen-bond donors (Lipinski definition) is 2. The van der Waals surface area contributed by atoms with E-state index in [2.05, 4.69) is 15.6 Å². The molecular formula is C19H25N3O3S. The summed E-state index contributed by atoms with van der Waals surface area (Å²) in [6.07, 6.45) is 3.91. The number of pyridine rings is 1. The van der Waals surface area contributed by atoms with Gasteiger partial charge in [0, 0.05) is 24.6 Å². The molecule has 2 aromatic rings. The lowest BCUT2D eigenvalue weighted by atomic mass is 9.94. The Morgan fingerprint density at radius 3 is 2.23 bits per heavy atom. The van der Waals surface area contributed by atoms with E-state index >= 15 is 0 Å². The number of aromatic nitrogens is 1. The minimum atomic E-state index is -3.32. The van der Waals surface area contributed by atoms with E-state index in [1.54, 1.807) is 24.5 Å². The Kier molecular flexibility index (Phi) is 6.37. The smallest absolute Gasteiger partial charge is 0.319 e. The van der Waals surface area contributed by atoms with Gasteiger partial charge in [-0.2, -0.15) is 0 Å². The number of nitrogens with zero attached hydrogens (tertiary/aromatic N) is 1. The average molecular weight is 375 g/mol. The molecule has 0 fully saturated rings. The molecule has 2 amide bonds. The Labute approximate surface area is 155 Å². The van der Waals surface area contributed by atoms with Gasteiger partial charge in [0.2, 0.25) is 0 Å². The van der Waals surface area contributed by atoms with Gasteiger partial charge in [0.1, 0.15) is 0 Å². The van der Waals surface area contributed by atoms with Gasteiger partial charge in [-0.05, 0) is 53.8 Å². The lowest BCUT2D eigenvalue weighted by Crippen LogP contribution is -2.28. The first-order chi connectivity index (χ1) is 12.2. The molecule has 0 aliphatic rings. The van der Waals surface area contributed by atoms with Crippen LogP contribution in [0.5, 0.6) is 0 Å². The molecule has 1 heterocycles. The zero-order valence-electron chi connectivity index (χ0n) is 15.3. The Hall–Kier alpha value is -2.41. The molecule has 140 valence electrons. The highest BCUT2D eigenvalue weighted by atomic mass is 32.2. The molecule has 2 N–H and O–H groups in total. The second kappa shape index (κ2) is 8.31. The minimum absolute atomic E-state index is 0.0402. The van der Waals surface area contributed by atoms with Crippen LogP contribution in [-0.4, -0.2) is 25.2 Å². The first-order valence-electron chi connectivity index (χ1n) is 8.42. The summed E-state index contributed by atoms with van der Waals surface area (Å²) in [6, 6.07) is 9.51. The predicted octanol–water partition coefficient (Wildman–Crippen LogP) is 3.61. The van der Waals surface area contributed by atoms with Crippen molar-refractivity contribution in [2.45, 2.75) is 38.6 Å². The molecular weight excluding hydrogens is 350 g/mol. The van der Waals surface area contributed by atoms with Gasteiger partial charge in [0.15, 0.2) is 9.84 Å². The summed E-state index contributed by atoms with van der Waals surface area (Å²) in [5.74, 6) is 0.107. The number of benzene rings is 1. The molecule has 0 radical (unpaired) electrons. The molecule has 2 rings (SSSR count). The lowest BCUT2D eigenvalue weighted by molar-refractivity contribution is 0.251. The van der Waals surface area contributed by atoms with Crippen LogP contribution in [0.1, 0.15) is 32.8 Å². The van der Waals surface area contributed by atoms with Gasteiger partial charge in [-0.3, -0.25) is 4.98 Å². The van der Waals surface area contributed by atoms with E-state index < -0.39 is 9.84 Å². The molecule has 0 unspecified atom stereocenters. The van der Waals surface area contributed by atoms with Crippen molar-refractivity contribution >= 4 is 21.6 Å². The minimum Gasteiger partial charge on any atom is -0.334 e. The Morgan fingerprint density at radius 1 is 1.04 bits per heavy atom. The number of urea groups is 1. The summed E-state index contributed by atoms with van der Waals surface area (Å²) in [5.41, 5.74) is 1.43. The van der Waals surface area contributed by atoms with Gasteiger partial charge in [-0.15, -0.1) is 0 Å². The fraction of sp³-hybridized carbons (Fsp3) is 0.368. The maximum absolute atomic E-state index is 12.4. The number of amides is 2. The van der Waals surface area contributed by atoms with Crippen LogP contribution in [0.3, 0.4) is 0 Å². The van der Waals surface area contributed by atoms with Crippen molar-refractivity contribution < 1.29 is 13.2 Å². The topological polar surface area (TPSA) is 88.2 Å². The van der Waals surface area contributed by atoms with Crippen LogP contribution in [-0.2, 0) is 16.4 Å². The van der Waals surface area contributed by atoms with Crippen LogP contribution in [0, 0.1) is 5.41 Å².